The maximum atomic E-state index is 12.2. The van der Waals surface area contributed by atoms with Crippen molar-refractivity contribution >= 4 is 34.9 Å². The number of aliphatic hydroxyl groups is 1. The SMILES string of the molecule is CC(=S)NCC1CN(c2ccc3c(c2)CN(C(=O)CO)CC3)C(=O)O1. The number of benzene rings is 1. The van der Waals surface area contributed by atoms with Gasteiger partial charge in [-0.15, -0.1) is 0 Å². The van der Waals surface area contributed by atoms with Crippen molar-refractivity contribution in [3.05, 3.63) is 29.3 Å². The van der Waals surface area contributed by atoms with Gasteiger partial charge in [0.25, 0.3) is 0 Å². The number of hydrogen-bond donors (Lipinski definition) is 2. The van der Waals surface area contributed by atoms with Crippen LogP contribution in [-0.4, -0.2) is 59.3 Å². The summed E-state index contributed by atoms with van der Waals surface area (Å²) in [4.78, 5) is 27.8. The fraction of sp³-hybridized carbons (Fsp3) is 0.471. The molecule has 2 N–H and O–H groups in total. The Morgan fingerprint density at radius 3 is 2.96 bits per heavy atom. The zero-order valence-corrected chi connectivity index (χ0v) is 14.8. The third-order valence-corrected chi connectivity index (χ3v) is 4.60. The topological polar surface area (TPSA) is 82.1 Å². The molecule has 1 fully saturated rings. The Labute approximate surface area is 151 Å². The van der Waals surface area contributed by atoms with E-state index in [9.17, 15) is 9.59 Å². The largest absolute Gasteiger partial charge is 0.442 e. The summed E-state index contributed by atoms with van der Waals surface area (Å²) in [5.74, 6) is -0.279. The van der Waals surface area contributed by atoms with E-state index >= 15 is 0 Å². The number of cyclic esters (lactones) is 1. The van der Waals surface area contributed by atoms with Crippen molar-refractivity contribution in [2.45, 2.75) is 26.0 Å². The first-order chi connectivity index (χ1) is 12.0. The molecule has 2 amide bonds. The van der Waals surface area contributed by atoms with Gasteiger partial charge >= 0.3 is 6.09 Å². The Balaban J connectivity index is 1.73. The molecule has 0 spiro atoms. The molecule has 0 aliphatic carbocycles. The van der Waals surface area contributed by atoms with E-state index in [-0.39, 0.29) is 18.1 Å². The summed E-state index contributed by atoms with van der Waals surface area (Å²) in [5, 5.41) is 12.1. The molecule has 1 aromatic carbocycles. The molecule has 1 aromatic rings. The number of carbonyl (C=O) groups is 2. The maximum absolute atomic E-state index is 12.2. The Bertz CT molecular complexity index is 709. The summed E-state index contributed by atoms with van der Waals surface area (Å²) >= 11 is 4.98. The van der Waals surface area contributed by atoms with Crippen LogP contribution in [0.15, 0.2) is 18.2 Å². The van der Waals surface area contributed by atoms with Gasteiger partial charge in [-0.1, -0.05) is 18.3 Å². The number of ether oxygens (including phenoxy) is 1. The zero-order valence-electron chi connectivity index (χ0n) is 14.0. The van der Waals surface area contributed by atoms with Crippen LogP contribution >= 0.6 is 12.2 Å². The van der Waals surface area contributed by atoms with Crippen molar-refractivity contribution < 1.29 is 19.4 Å². The van der Waals surface area contributed by atoms with Gasteiger partial charge in [0.15, 0.2) is 0 Å². The highest BCUT2D eigenvalue weighted by atomic mass is 32.1. The predicted molar refractivity (Wildman–Crippen MR) is 96.5 cm³/mol. The van der Waals surface area contributed by atoms with Gasteiger partial charge in [-0.25, -0.2) is 4.79 Å². The Kier molecular flexibility index (Phi) is 5.19. The van der Waals surface area contributed by atoms with Gasteiger partial charge in [0, 0.05) is 18.8 Å². The zero-order chi connectivity index (χ0) is 18.0. The van der Waals surface area contributed by atoms with Crippen LogP contribution < -0.4 is 10.2 Å². The molecule has 1 unspecified atom stereocenters. The molecule has 2 heterocycles. The molecule has 0 radical (unpaired) electrons. The number of rotatable bonds is 4. The first kappa shape index (κ1) is 17.6. The van der Waals surface area contributed by atoms with Gasteiger partial charge < -0.3 is 20.1 Å². The quantitative estimate of drug-likeness (QED) is 0.771. The van der Waals surface area contributed by atoms with E-state index < -0.39 is 6.61 Å². The number of anilines is 1. The minimum atomic E-state index is -0.485. The molecule has 0 saturated carbocycles. The van der Waals surface area contributed by atoms with Crippen LogP contribution in [0.5, 0.6) is 0 Å². The van der Waals surface area contributed by atoms with Crippen molar-refractivity contribution in [2.24, 2.45) is 0 Å². The number of nitrogens with zero attached hydrogens (tertiary/aromatic N) is 2. The van der Waals surface area contributed by atoms with Crippen molar-refractivity contribution in [3.8, 4) is 0 Å². The molecule has 8 heteroatoms. The lowest BCUT2D eigenvalue weighted by atomic mass is 9.98. The van der Waals surface area contributed by atoms with Crippen LogP contribution in [0.4, 0.5) is 10.5 Å². The molecule has 1 atom stereocenters. The van der Waals surface area contributed by atoms with Crippen LogP contribution in [0, 0.1) is 0 Å². The van der Waals surface area contributed by atoms with Gasteiger partial charge in [0.1, 0.15) is 12.7 Å². The number of nitrogens with one attached hydrogen (secondary N) is 1. The molecular formula is C17H21N3O4S. The smallest absolute Gasteiger partial charge is 0.414 e. The Morgan fingerprint density at radius 1 is 1.44 bits per heavy atom. The van der Waals surface area contributed by atoms with Crippen molar-refractivity contribution in [3.63, 3.8) is 0 Å². The van der Waals surface area contributed by atoms with E-state index in [1.807, 2.05) is 18.2 Å². The number of amides is 2. The highest BCUT2D eigenvalue weighted by Gasteiger charge is 2.33. The minimum absolute atomic E-state index is 0.256. The van der Waals surface area contributed by atoms with Gasteiger partial charge in [-0.3, -0.25) is 9.69 Å². The van der Waals surface area contributed by atoms with Gasteiger partial charge in [0.05, 0.1) is 18.1 Å². The lowest BCUT2D eigenvalue weighted by molar-refractivity contribution is -0.135. The highest BCUT2D eigenvalue weighted by Crippen LogP contribution is 2.27. The third kappa shape index (κ3) is 3.91. The second-order valence-electron chi connectivity index (χ2n) is 6.23. The number of fused-ring (bicyclic) bond motifs is 1. The van der Waals surface area contributed by atoms with Crippen molar-refractivity contribution in [1.82, 2.24) is 10.2 Å². The van der Waals surface area contributed by atoms with E-state index in [0.29, 0.717) is 31.2 Å². The standard InChI is InChI=1S/C17H21N3O4S/c1-11(25)18-7-15-9-20(17(23)24-15)14-3-2-12-4-5-19(16(22)10-21)8-13(12)6-14/h2-3,6,15,21H,4-5,7-10H2,1H3,(H,18,25). The summed E-state index contributed by atoms with van der Waals surface area (Å²) in [5.41, 5.74) is 2.91. The lowest BCUT2D eigenvalue weighted by Crippen LogP contribution is -2.37. The lowest BCUT2D eigenvalue weighted by Gasteiger charge is -2.29. The number of thiocarbonyl (C=S) groups is 1. The van der Waals surface area contributed by atoms with E-state index in [1.54, 1.807) is 16.7 Å². The predicted octanol–water partition coefficient (Wildman–Crippen LogP) is 0.826. The van der Waals surface area contributed by atoms with Crippen molar-refractivity contribution in [2.75, 3.05) is 31.1 Å². The van der Waals surface area contributed by atoms with Gasteiger partial charge in [0.2, 0.25) is 5.91 Å². The average molecular weight is 363 g/mol. The second-order valence-corrected chi connectivity index (χ2v) is 6.84. The second kappa shape index (κ2) is 7.37. The van der Waals surface area contributed by atoms with E-state index in [1.165, 1.54) is 0 Å². The van der Waals surface area contributed by atoms with E-state index in [4.69, 9.17) is 22.1 Å². The number of aliphatic hydroxyl groups excluding tert-OH is 1. The van der Waals surface area contributed by atoms with Crippen LogP contribution in [-0.2, 0) is 22.5 Å². The van der Waals surface area contributed by atoms with E-state index in [0.717, 1.165) is 23.2 Å². The number of hydrogen-bond acceptors (Lipinski definition) is 5. The third-order valence-electron chi connectivity index (χ3n) is 4.45. The van der Waals surface area contributed by atoms with E-state index in [2.05, 4.69) is 5.32 Å². The summed E-state index contributed by atoms with van der Waals surface area (Å²) < 4.78 is 5.37. The van der Waals surface area contributed by atoms with Crippen LogP contribution in [0.1, 0.15) is 18.1 Å². The molecule has 2 aliphatic rings. The Hall–Kier alpha value is -2.19. The first-order valence-corrected chi connectivity index (χ1v) is 8.61. The average Bonchev–Trinajstić information content (AvgIpc) is 2.99. The molecule has 1 saturated heterocycles. The summed E-state index contributed by atoms with van der Waals surface area (Å²) in [6.07, 6.45) is 0.105. The van der Waals surface area contributed by atoms with Gasteiger partial charge in [-0.2, -0.15) is 0 Å². The molecule has 2 aliphatic heterocycles. The Morgan fingerprint density at radius 2 is 2.24 bits per heavy atom. The van der Waals surface area contributed by atoms with Crippen LogP contribution in [0.25, 0.3) is 0 Å². The fourth-order valence-electron chi connectivity index (χ4n) is 3.12. The minimum Gasteiger partial charge on any atom is -0.442 e. The molecule has 0 bridgehead atoms. The molecule has 0 aromatic heterocycles. The van der Waals surface area contributed by atoms with Crippen molar-refractivity contribution in [1.29, 1.82) is 0 Å². The monoisotopic (exact) mass is 363 g/mol. The molecular weight excluding hydrogens is 342 g/mol. The summed E-state index contributed by atoms with van der Waals surface area (Å²) in [7, 11) is 0. The molecule has 25 heavy (non-hydrogen) atoms. The first-order valence-electron chi connectivity index (χ1n) is 8.21. The van der Waals surface area contributed by atoms with Crippen LogP contribution in [0.2, 0.25) is 0 Å². The maximum Gasteiger partial charge on any atom is 0.414 e. The summed E-state index contributed by atoms with van der Waals surface area (Å²) in [6, 6.07) is 5.82. The van der Waals surface area contributed by atoms with Crippen LogP contribution in [0.3, 0.4) is 0 Å². The molecule has 3 rings (SSSR count). The van der Waals surface area contributed by atoms with Gasteiger partial charge in [-0.05, 0) is 36.6 Å². The summed E-state index contributed by atoms with van der Waals surface area (Å²) in [6.45, 7) is 3.28. The molecule has 134 valence electrons. The highest BCUT2D eigenvalue weighted by molar-refractivity contribution is 7.80. The number of carbonyl (C=O) groups excluding carboxylic acids is 2. The fourth-order valence-corrected chi connectivity index (χ4v) is 3.20. The normalized spacial score (nSPS) is 19.4. The molecule has 7 nitrogen and oxygen atoms in total.